The van der Waals surface area contributed by atoms with Gasteiger partial charge in [0.2, 0.25) is 0 Å². The lowest BCUT2D eigenvalue weighted by molar-refractivity contribution is -0.150. The van der Waals surface area contributed by atoms with Crippen molar-refractivity contribution in [3.05, 3.63) is 35.4 Å². The van der Waals surface area contributed by atoms with E-state index in [1.807, 2.05) is 0 Å². The van der Waals surface area contributed by atoms with Crippen LogP contribution in [0.3, 0.4) is 0 Å². The molecule has 1 atom stereocenters. The lowest BCUT2D eigenvalue weighted by Crippen LogP contribution is -2.40. The van der Waals surface area contributed by atoms with Crippen LogP contribution in [0.5, 0.6) is 0 Å². The Labute approximate surface area is 121 Å². The number of likely N-dealkylation sites (tertiary alicyclic amines) is 1. The van der Waals surface area contributed by atoms with Crippen molar-refractivity contribution in [1.29, 1.82) is 0 Å². The predicted octanol–water partition coefficient (Wildman–Crippen LogP) is 2.54. The Morgan fingerprint density at radius 2 is 2.00 bits per heavy atom. The molecule has 1 aliphatic rings. The summed E-state index contributed by atoms with van der Waals surface area (Å²) in [4.78, 5) is 25.1. The molecule has 4 nitrogen and oxygen atoms in total. The van der Waals surface area contributed by atoms with Crippen molar-refractivity contribution in [3.8, 4) is 0 Å². The van der Waals surface area contributed by atoms with Gasteiger partial charge in [0.25, 0.3) is 5.91 Å². The summed E-state index contributed by atoms with van der Waals surface area (Å²) < 4.78 is 26.8. The number of carboxylic acids is 1. The van der Waals surface area contributed by atoms with Crippen molar-refractivity contribution in [2.75, 3.05) is 13.1 Å². The summed E-state index contributed by atoms with van der Waals surface area (Å²) in [5.41, 5.74) is -1.39. The van der Waals surface area contributed by atoms with Crippen LogP contribution in [-0.4, -0.2) is 35.0 Å². The second-order valence-corrected chi connectivity index (χ2v) is 5.72. The summed E-state index contributed by atoms with van der Waals surface area (Å²) in [7, 11) is 0. The SMILES string of the molecule is CC(C)C1(C(=O)O)CCN(C(=O)c2cc(F)ccc2F)C1. The average molecular weight is 297 g/mol. The Morgan fingerprint density at radius 1 is 1.33 bits per heavy atom. The minimum Gasteiger partial charge on any atom is -0.481 e. The van der Waals surface area contributed by atoms with Crippen molar-refractivity contribution >= 4 is 11.9 Å². The van der Waals surface area contributed by atoms with E-state index in [-0.39, 0.29) is 24.6 Å². The van der Waals surface area contributed by atoms with Crippen molar-refractivity contribution in [2.24, 2.45) is 11.3 Å². The molecule has 1 N–H and O–H groups in total. The van der Waals surface area contributed by atoms with Crippen LogP contribution in [0.1, 0.15) is 30.6 Å². The van der Waals surface area contributed by atoms with E-state index in [1.54, 1.807) is 13.8 Å². The molecule has 1 unspecified atom stereocenters. The van der Waals surface area contributed by atoms with E-state index in [0.29, 0.717) is 6.42 Å². The Morgan fingerprint density at radius 3 is 2.52 bits per heavy atom. The summed E-state index contributed by atoms with van der Waals surface area (Å²) in [5, 5.41) is 9.43. The second kappa shape index (κ2) is 5.42. The van der Waals surface area contributed by atoms with Gasteiger partial charge >= 0.3 is 5.97 Å². The van der Waals surface area contributed by atoms with Gasteiger partial charge in [-0.2, -0.15) is 0 Å². The molecule has 114 valence electrons. The van der Waals surface area contributed by atoms with Gasteiger partial charge in [-0.15, -0.1) is 0 Å². The van der Waals surface area contributed by atoms with E-state index >= 15 is 0 Å². The number of aliphatic carboxylic acids is 1. The van der Waals surface area contributed by atoms with Crippen molar-refractivity contribution in [1.82, 2.24) is 4.90 Å². The first kappa shape index (κ1) is 15.4. The van der Waals surface area contributed by atoms with Crippen LogP contribution in [0, 0.1) is 23.0 Å². The molecule has 21 heavy (non-hydrogen) atoms. The van der Waals surface area contributed by atoms with Crippen LogP contribution in [-0.2, 0) is 4.79 Å². The number of benzene rings is 1. The molecule has 6 heteroatoms. The van der Waals surface area contributed by atoms with Gasteiger partial charge in [0.05, 0.1) is 11.0 Å². The Kier molecular flexibility index (Phi) is 3.98. The van der Waals surface area contributed by atoms with Crippen molar-refractivity contribution < 1.29 is 23.5 Å². The largest absolute Gasteiger partial charge is 0.481 e. The lowest BCUT2D eigenvalue weighted by Gasteiger charge is -2.28. The van der Waals surface area contributed by atoms with Gasteiger partial charge in [-0.05, 0) is 30.5 Å². The topological polar surface area (TPSA) is 57.6 Å². The molecule has 0 aliphatic carbocycles. The zero-order valence-electron chi connectivity index (χ0n) is 11.9. The highest BCUT2D eigenvalue weighted by atomic mass is 19.1. The number of hydrogen-bond donors (Lipinski definition) is 1. The first-order valence-corrected chi connectivity index (χ1v) is 6.75. The van der Waals surface area contributed by atoms with Crippen LogP contribution >= 0.6 is 0 Å². The fraction of sp³-hybridized carbons (Fsp3) is 0.467. The molecular weight excluding hydrogens is 280 g/mol. The number of halogens is 2. The fourth-order valence-corrected chi connectivity index (χ4v) is 2.73. The fourth-order valence-electron chi connectivity index (χ4n) is 2.73. The third-order valence-electron chi connectivity index (χ3n) is 4.28. The highest BCUT2D eigenvalue weighted by molar-refractivity contribution is 5.95. The number of hydrogen-bond acceptors (Lipinski definition) is 2. The van der Waals surface area contributed by atoms with Gasteiger partial charge in [-0.3, -0.25) is 9.59 Å². The van der Waals surface area contributed by atoms with E-state index < -0.39 is 28.9 Å². The average Bonchev–Trinajstić information content (AvgIpc) is 2.87. The zero-order chi connectivity index (χ0) is 15.8. The van der Waals surface area contributed by atoms with Gasteiger partial charge in [0, 0.05) is 13.1 Å². The van der Waals surface area contributed by atoms with Crippen LogP contribution in [0.25, 0.3) is 0 Å². The van der Waals surface area contributed by atoms with Crippen molar-refractivity contribution in [2.45, 2.75) is 20.3 Å². The Balaban J connectivity index is 2.27. The minimum absolute atomic E-state index is 0.00872. The molecule has 1 aromatic rings. The van der Waals surface area contributed by atoms with Crippen LogP contribution in [0.4, 0.5) is 8.78 Å². The minimum atomic E-state index is -1.03. The molecule has 1 fully saturated rings. The van der Waals surface area contributed by atoms with E-state index in [4.69, 9.17) is 0 Å². The lowest BCUT2D eigenvalue weighted by atomic mass is 9.76. The standard InChI is InChI=1S/C15H17F2NO3/c1-9(2)15(14(20)21)5-6-18(8-15)13(19)11-7-10(16)3-4-12(11)17/h3-4,7,9H,5-6,8H2,1-2H3,(H,20,21). The molecule has 1 aliphatic heterocycles. The van der Waals surface area contributed by atoms with Gasteiger partial charge in [0.1, 0.15) is 11.6 Å². The van der Waals surface area contributed by atoms with Crippen molar-refractivity contribution in [3.63, 3.8) is 0 Å². The molecule has 0 radical (unpaired) electrons. The first-order chi connectivity index (χ1) is 9.78. The summed E-state index contributed by atoms with van der Waals surface area (Å²) in [6, 6.07) is 2.67. The van der Waals surface area contributed by atoms with Crippen LogP contribution in [0.15, 0.2) is 18.2 Å². The summed E-state index contributed by atoms with van der Waals surface area (Å²) in [6.45, 7) is 3.80. The highest BCUT2D eigenvalue weighted by Gasteiger charge is 2.48. The number of nitrogens with zero attached hydrogens (tertiary/aromatic N) is 1. The summed E-state index contributed by atoms with van der Waals surface area (Å²) >= 11 is 0. The third kappa shape index (κ3) is 2.62. The molecule has 1 aromatic carbocycles. The number of carbonyl (C=O) groups excluding carboxylic acids is 1. The number of rotatable bonds is 3. The Bertz CT molecular complexity index is 588. The molecule has 0 spiro atoms. The van der Waals surface area contributed by atoms with E-state index in [2.05, 4.69) is 0 Å². The maximum absolute atomic E-state index is 13.7. The van der Waals surface area contributed by atoms with Gasteiger partial charge in [0.15, 0.2) is 0 Å². The van der Waals surface area contributed by atoms with Gasteiger partial charge in [-0.1, -0.05) is 13.8 Å². The molecule has 1 heterocycles. The van der Waals surface area contributed by atoms with E-state index in [9.17, 15) is 23.5 Å². The highest BCUT2D eigenvalue weighted by Crippen LogP contribution is 2.38. The normalized spacial score (nSPS) is 21.9. The summed E-state index contributed by atoms with van der Waals surface area (Å²) in [5.74, 6) is -3.31. The van der Waals surface area contributed by atoms with E-state index in [1.165, 1.54) is 4.90 Å². The number of carbonyl (C=O) groups is 2. The smallest absolute Gasteiger partial charge is 0.311 e. The number of carboxylic acid groups (broad SMARTS) is 1. The maximum atomic E-state index is 13.7. The maximum Gasteiger partial charge on any atom is 0.311 e. The van der Waals surface area contributed by atoms with E-state index in [0.717, 1.165) is 18.2 Å². The van der Waals surface area contributed by atoms with Crippen LogP contribution < -0.4 is 0 Å². The van der Waals surface area contributed by atoms with Gasteiger partial charge < -0.3 is 10.0 Å². The quantitative estimate of drug-likeness (QED) is 0.932. The molecular formula is C15H17F2NO3. The predicted molar refractivity (Wildman–Crippen MR) is 71.8 cm³/mol. The molecule has 0 aromatic heterocycles. The number of amides is 1. The molecule has 2 rings (SSSR count). The third-order valence-corrected chi connectivity index (χ3v) is 4.28. The molecule has 0 saturated carbocycles. The van der Waals surface area contributed by atoms with Gasteiger partial charge in [-0.25, -0.2) is 8.78 Å². The summed E-state index contributed by atoms with van der Waals surface area (Å²) in [6.07, 6.45) is 0.308. The molecule has 1 saturated heterocycles. The molecule has 0 bridgehead atoms. The Hall–Kier alpha value is -1.98. The second-order valence-electron chi connectivity index (χ2n) is 5.72. The van der Waals surface area contributed by atoms with Crippen LogP contribution in [0.2, 0.25) is 0 Å². The molecule has 1 amide bonds. The zero-order valence-corrected chi connectivity index (χ0v) is 11.9. The monoisotopic (exact) mass is 297 g/mol. The first-order valence-electron chi connectivity index (χ1n) is 6.75.